The minimum Gasteiger partial charge on any atom is -0.461 e. The molecule has 1 aromatic rings. The molecule has 2 unspecified atom stereocenters. The van der Waals surface area contributed by atoms with Crippen LogP contribution in [0.2, 0.25) is 0 Å². The number of amides is 2. The standard InChI is InChI=1S/C19H17F3N2O8S/c1-10(25)31-8-12-9-33(29,30)16-13(23-18(28)19(20,21)22)15(26)24(16)14(12)17(27)32-7-11-5-3-2-4-6-11/h2-6,13,16H,7-9H2,1H3,(H,23,28). The van der Waals surface area contributed by atoms with Crippen LogP contribution < -0.4 is 5.32 Å². The van der Waals surface area contributed by atoms with Crippen LogP contribution in [0, 0.1) is 0 Å². The Morgan fingerprint density at radius 1 is 1.12 bits per heavy atom. The Labute approximate surface area is 185 Å². The zero-order valence-electron chi connectivity index (χ0n) is 16.9. The molecule has 2 atom stereocenters. The molecule has 0 aliphatic carbocycles. The number of nitrogens with zero attached hydrogens (tertiary/aromatic N) is 1. The van der Waals surface area contributed by atoms with E-state index in [9.17, 15) is 40.8 Å². The van der Waals surface area contributed by atoms with Crippen LogP contribution in [0.5, 0.6) is 0 Å². The van der Waals surface area contributed by atoms with Gasteiger partial charge in [-0.2, -0.15) is 13.2 Å². The summed E-state index contributed by atoms with van der Waals surface area (Å²) in [5.74, 6) is -6.60. The zero-order chi connectivity index (χ0) is 24.6. The van der Waals surface area contributed by atoms with Crippen molar-refractivity contribution in [2.75, 3.05) is 12.4 Å². The van der Waals surface area contributed by atoms with Crippen LogP contribution in [0.3, 0.4) is 0 Å². The SMILES string of the molecule is CC(=O)OCC1=C(C(=O)OCc2ccccc2)N2C(=O)C(NC(=O)C(F)(F)F)C2S(=O)(=O)C1. The summed E-state index contributed by atoms with van der Waals surface area (Å²) in [6.45, 7) is 0.115. The maximum absolute atomic E-state index is 12.8. The highest BCUT2D eigenvalue weighted by Crippen LogP contribution is 2.37. The smallest absolute Gasteiger partial charge is 0.461 e. The number of hydrogen-bond acceptors (Lipinski definition) is 8. The summed E-state index contributed by atoms with van der Waals surface area (Å²) < 4.78 is 73.1. The van der Waals surface area contributed by atoms with Gasteiger partial charge in [-0.05, 0) is 5.56 Å². The van der Waals surface area contributed by atoms with Gasteiger partial charge in [0.05, 0.1) is 5.75 Å². The third kappa shape index (κ3) is 4.99. The molecule has 3 rings (SSSR count). The molecule has 0 radical (unpaired) electrons. The van der Waals surface area contributed by atoms with E-state index in [0.717, 1.165) is 6.92 Å². The van der Waals surface area contributed by atoms with Crippen LogP contribution >= 0.6 is 0 Å². The third-order valence-corrected chi connectivity index (χ3v) is 6.73. The van der Waals surface area contributed by atoms with Gasteiger partial charge in [0.1, 0.15) is 25.0 Å². The van der Waals surface area contributed by atoms with Gasteiger partial charge in [-0.1, -0.05) is 30.3 Å². The number of β-lactam (4-membered cyclic amide) rings is 1. The van der Waals surface area contributed by atoms with E-state index in [0.29, 0.717) is 10.5 Å². The molecule has 0 bridgehead atoms. The van der Waals surface area contributed by atoms with Gasteiger partial charge < -0.3 is 14.8 Å². The summed E-state index contributed by atoms with van der Waals surface area (Å²) in [4.78, 5) is 48.2. The quantitative estimate of drug-likeness (QED) is 0.441. The van der Waals surface area contributed by atoms with E-state index >= 15 is 0 Å². The third-order valence-electron chi connectivity index (χ3n) is 4.76. The van der Waals surface area contributed by atoms with Gasteiger partial charge in [0.2, 0.25) is 0 Å². The Hall–Kier alpha value is -3.42. The molecular formula is C19H17F3N2O8S. The Morgan fingerprint density at radius 3 is 2.33 bits per heavy atom. The Balaban J connectivity index is 1.92. The van der Waals surface area contributed by atoms with Gasteiger partial charge in [-0.25, -0.2) is 13.2 Å². The zero-order valence-corrected chi connectivity index (χ0v) is 17.7. The molecule has 33 heavy (non-hydrogen) atoms. The van der Waals surface area contributed by atoms with Crippen molar-refractivity contribution in [3.63, 3.8) is 0 Å². The van der Waals surface area contributed by atoms with E-state index in [1.165, 1.54) is 5.32 Å². The minimum absolute atomic E-state index is 0.252. The Morgan fingerprint density at radius 2 is 1.76 bits per heavy atom. The number of esters is 2. The highest BCUT2D eigenvalue weighted by Gasteiger charge is 2.62. The fourth-order valence-corrected chi connectivity index (χ4v) is 5.33. The van der Waals surface area contributed by atoms with E-state index in [1.54, 1.807) is 30.3 Å². The van der Waals surface area contributed by atoms with Crippen LogP contribution in [0.1, 0.15) is 12.5 Å². The summed E-state index contributed by atoms with van der Waals surface area (Å²) in [6, 6.07) is 6.28. The average molecular weight is 490 g/mol. The fourth-order valence-electron chi connectivity index (χ4n) is 3.33. The van der Waals surface area contributed by atoms with Crippen LogP contribution in [-0.2, 0) is 45.1 Å². The van der Waals surface area contributed by atoms with Gasteiger partial charge in [-0.3, -0.25) is 19.3 Å². The topological polar surface area (TPSA) is 136 Å². The number of carbonyl (C=O) groups is 4. The van der Waals surface area contributed by atoms with E-state index in [2.05, 4.69) is 0 Å². The number of fused-ring (bicyclic) bond motifs is 1. The van der Waals surface area contributed by atoms with E-state index in [1.807, 2.05) is 0 Å². The first-order valence-electron chi connectivity index (χ1n) is 9.31. The molecule has 14 heteroatoms. The molecule has 178 valence electrons. The average Bonchev–Trinajstić information content (AvgIpc) is 2.73. The molecule has 2 heterocycles. The van der Waals surface area contributed by atoms with Gasteiger partial charge in [0.25, 0.3) is 5.91 Å². The molecule has 0 spiro atoms. The summed E-state index contributed by atoms with van der Waals surface area (Å²) in [6.07, 6.45) is -5.35. The lowest BCUT2D eigenvalue weighted by Crippen LogP contribution is -2.75. The number of carbonyl (C=O) groups excluding carboxylic acids is 4. The summed E-state index contributed by atoms with van der Waals surface area (Å²) in [5.41, 5.74) is -0.277. The second-order valence-corrected chi connectivity index (χ2v) is 9.25. The number of ether oxygens (including phenoxy) is 2. The molecule has 1 N–H and O–H groups in total. The fraction of sp³-hybridized carbons (Fsp3) is 0.368. The molecule has 10 nitrogen and oxygen atoms in total. The normalized spacial score (nSPS) is 21.6. The summed E-state index contributed by atoms with van der Waals surface area (Å²) in [7, 11) is -4.36. The van der Waals surface area contributed by atoms with Crippen molar-refractivity contribution in [3.8, 4) is 0 Å². The number of nitrogens with one attached hydrogen (secondary N) is 1. The second kappa shape index (κ2) is 8.84. The number of hydrogen-bond donors (Lipinski definition) is 1. The van der Waals surface area contributed by atoms with E-state index in [4.69, 9.17) is 9.47 Å². The lowest BCUT2D eigenvalue weighted by molar-refractivity contribution is -0.177. The number of halogens is 3. The van der Waals surface area contributed by atoms with Crippen molar-refractivity contribution >= 4 is 33.6 Å². The molecule has 0 saturated carbocycles. The minimum atomic E-state index is -5.35. The van der Waals surface area contributed by atoms with Crippen molar-refractivity contribution < 1.29 is 50.2 Å². The van der Waals surface area contributed by atoms with Gasteiger partial charge in [-0.15, -0.1) is 0 Å². The summed E-state index contributed by atoms with van der Waals surface area (Å²) >= 11 is 0. The van der Waals surface area contributed by atoms with Gasteiger partial charge >= 0.3 is 24.0 Å². The molecule has 1 fully saturated rings. The van der Waals surface area contributed by atoms with Crippen molar-refractivity contribution in [1.29, 1.82) is 0 Å². The molecule has 1 saturated heterocycles. The number of alkyl halides is 3. The van der Waals surface area contributed by atoms with E-state index in [-0.39, 0.29) is 12.2 Å². The first kappa shape index (κ1) is 24.2. The van der Waals surface area contributed by atoms with Crippen LogP contribution in [0.4, 0.5) is 13.2 Å². The lowest BCUT2D eigenvalue weighted by Gasteiger charge is -2.49. The van der Waals surface area contributed by atoms with Crippen molar-refractivity contribution in [2.24, 2.45) is 0 Å². The van der Waals surface area contributed by atoms with Crippen LogP contribution in [-0.4, -0.2) is 67.0 Å². The maximum atomic E-state index is 12.8. The van der Waals surface area contributed by atoms with Crippen LogP contribution in [0.15, 0.2) is 41.6 Å². The van der Waals surface area contributed by atoms with E-state index < -0.39 is 69.2 Å². The maximum Gasteiger partial charge on any atom is 0.471 e. The highest BCUT2D eigenvalue weighted by molar-refractivity contribution is 7.92. The van der Waals surface area contributed by atoms with Gasteiger partial charge in [0, 0.05) is 12.5 Å². The Kier molecular flexibility index (Phi) is 6.49. The molecule has 2 aliphatic rings. The first-order valence-corrected chi connectivity index (χ1v) is 11.0. The number of benzene rings is 1. The molecule has 0 aromatic heterocycles. The van der Waals surface area contributed by atoms with Crippen LogP contribution in [0.25, 0.3) is 0 Å². The summed E-state index contributed by atoms with van der Waals surface area (Å²) in [5, 5.41) is -0.599. The predicted octanol–water partition coefficient (Wildman–Crippen LogP) is 0.191. The monoisotopic (exact) mass is 490 g/mol. The van der Waals surface area contributed by atoms with Crippen molar-refractivity contribution in [3.05, 3.63) is 47.2 Å². The first-order chi connectivity index (χ1) is 15.3. The van der Waals surface area contributed by atoms with Crippen molar-refractivity contribution in [1.82, 2.24) is 10.2 Å². The highest BCUT2D eigenvalue weighted by atomic mass is 32.2. The largest absolute Gasteiger partial charge is 0.471 e. The number of sulfone groups is 1. The Bertz CT molecular complexity index is 1130. The second-order valence-electron chi connectivity index (χ2n) is 7.15. The number of rotatable bonds is 6. The van der Waals surface area contributed by atoms with Gasteiger partial charge in [0.15, 0.2) is 15.2 Å². The molecule has 2 aliphatic heterocycles. The lowest BCUT2D eigenvalue weighted by atomic mass is 10.0. The van der Waals surface area contributed by atoms with Crippen molar-refractivity contribution in [2.45, 2.75) is 31.1 Å². The molecular weight excluding hydrogens is 473 g/mol. The molecule has 1 aromatic carbocycles. The molecule has 2 amide bonds. The predicted molar refractivity (Wildman–Crippen MR) is 102 cm³/mol.